The number of nitrogens with one attached hydrogen (secondary N) is 1. The van der Waals surface area contributed by atoms with E-state index in [-0.39, 0.29) is 35.7 Å². The number of likely N-dealkylation sites (N-methyl/N-ethyl adjacent to an activating group) is 1. The maximum atomic E-state index is 13.7. The molecule has 2 heterocycles. The molecule has 2 aromatic rings. The highest BCUT2D eigenvalue weighted by Crippen LogP contribution is 2.45. The maximum Gasteiger partial charge on any atom is 0.416 e. The molecule has 1 aromatic carbocycles. The van der Waals surface area contributed by atoms with Crippen molar-refractivity contribution in [2.45, 2.75) is 44.3 Å². The standard InChI is InChI=1S/C26H30F3N5O2/c1-25(8-9-25)32-23-22-18(26(27,28)29)6-7-19(22)30-21(31-23)15-16-4-5-17(14-20(16)36-3)24(35)34-12-10-33(2)11-13-34/h4-6,14H,7-13,15H2,1-3H3,(H,30,31,32). The highest BCUT2D eigenvalue weighted by atomic mass is 19.4. The smallest absolute Gasteiger partial charge is 0.416 e. The van der Waals surface area contributed by atoms with E-state index in [0.29, 0.717) is 35.9 Å². The Balaban J connectivity index is 1.42. The molecule has 1 aliphatic heterocycles. The molecule has 1 aromatic heterocycles. The Morgan fingerprint density at radius 1 is 1.17 bits per heavy atom. The molecule has 10 heteroatoms. The fourth-order valence-corrected chi connectivity index (χ4v) is 4.70. The number of aromatic nitrogens is 2. The van der Waals surface area contributed by atoms with E-state index in [0.717, 1.165) is 31.5 Å². The highest BCUT2D eigenvalue weighted by Gasteiger charge is 2.43. The number of benzene rings is 1. The van der Waals surface area contributed by atoms with Crippen LogP contribution in [0, 0.1) is 0 Å². The van der Waals surface area contributed by atoms with Gasteiger partial charge in [0.15, 0.2) is 0 Å². The third-order valence-corrected chi connectivity index (χ3v) is 7.20. The van der Waals surface area contributed by atoms with Crippen molar-refractivity contribution in [1.29, 1.82) is 0 Å². The molecule has 0 bridgehead atoms. The normalized spacial score (nSPS) is 19.1. The third-order valence-electron chi connectivity index (χ3n) is 7.20. The lowest BCUT2D eigenvalue weighted by Crippen LogP contribution is -2.47. The number of anilines is 1. The van der Waals surface area contributed by atoms with Crippen molar-refractivity contribution >= 4 is 17.3 Å². The number of methoxy groups -OCH3 is 1. The molecule has 0 unspecified atom stereocenters. The van der Waals surface area contributed by atoms with E-state index < -0.39 is 11.7 Å². The molecule has 7 nitrogen and oxygen atoms in total. The van der Waals surface area contributed by atoms with Crippen LogP contribution in [0.15, 0.2) is 24.3 Å². The predicted molar refractivity (Wildman–Crippen MR) is 130 cm³/mol. The molecule has 1 saturated carbocycles. The number of halogens is 3. The SMILES string of the molecule is COc1cc(C(=O)N2CCN(C)CC2)ccc1Cc1nc2c(c(NC3(C)CC3)n1)C(C(F)(F)F)=CC2. The van der Waals surface area contributed by atoms with E-state index >= 15 is 0 Å². The summed E-state index contributed by atoms with van der Waals surface area (Å²) in [5.74, 6) is 1.12. The van der Waals surface area contributed by atoms with Crippen molar-refractivity contribution in [3.8, 4) is 5.75 Å². The number of carbonyl (C=O) groups excluding carboxylic acids is 1. The van der Waals surface area contributed by atoms with Crippen LogP contribution in [0.5, 0.6) is 5.75 Å². The van der Waals surface area contributed by atoms with Crippen LogP contribution in [-0.2, 0) is 12.8 Å². The van der Waals surface area contributed by atoms with Gasteiger partial charge in [-0.15, -0.1) is 0 Å². The number of fused-ring (bicyclic) bond motifs is 1. The van der Waals surface area contributed by atoms with Crippen LogP contribution >= 0.6 is 0 Å². The number of amides is 1. The van der Waals surface area contributed by atoms with E-state index in [1.165, 1.54) is 13.2 Å². The summed E-state index contributed by atoms with van der Waals surface area (Å²) in [6, 6.07) is 5.30. The first-order valence-electron chi connectivity index (χ1n) is 12.2. The van der Waals surface area contributed by atoms with Gasteiger partial charge in [0.1, 0.15) is 17.4 Å². The largest absolute Gasteiger partial charge is 0.496 e. The van der Waals surface area contributed by atoms with Crippen LogP contribution in [-0.4, -0.2) is 77.7 Å². The molecule has 5 rings (SSSR count). The van der Waals surface area contributed by atoms with Crippen molar-refractivity contribution in [3.63, 3.8) is 0 Å². The Kier molecular flexibility index (Phi) is 6.18. The lowest BCUT2D eigenvalue weighted by atomic mass is 10.0. The number of nitrogens with zero attached hydrogens (tertiary/aromatic N) is 4. The molecule has 0 radical (unpaired) electrons. The number of allylic oxidation sites excluding steroid dienone is 2. The van der Waals surface area contributed by atoms with Gasteiger partial charge in [0, 0.05) is 55.7 Å². The quantitative estimate of drug-likeness (QED) is 0.647. The monoisotopic (exact) mass is 501 g/mol. The first-order valence-corrected chi connectivity index (χ1v) is 12.2. The summed E-state index contributed by atoms with van der Waals surface area (Å²) in [6.07, 6.45) is -1.15. The zero-order chi connectivity index (χ0) is 25.7. The second-order valence-corrected chi connectivity index (χ2v) is 10.1. The van der Waals surface area contributed by atoms with E-state index in [1.807, 2.05) is 24.9 Å². The van der Waals surface area contributed by atoms with Gasteiger partial charge in [-0.25, -0.2) is 9.97 Å². The Hall–Kier alpha value is -3.14. The summed E-state index contributed by atoms with van der Waals surface area (Å²) in [5.41, 5.74) is 0.803. The molecule has 0 atom stereocenters. The van der Waals surface area contributed by atoms with Crippen LogP contribution in [0.1, 0.15) is 52.8 Å². The summed E-state index contributed by atoms with van der Waals surface area (Å²) < 4.78 is 46.6. The Labute approximate surface area is 208 Å². The zero-order valence-corrected chi connectivity index (χ0v) is 20.7. The number of ether oxygens (including phenoxy) is 1. The molecule has 1 N–H and O–H groups in total. The summed E-state index contributed by atoms with van der Waals surface area (Å²) in [5, 5.41) is 3.24. The van der Waals surface area contributed by atoms with E-state index in [9.17, 15) is 18.0 Å². The fourth-order valence-electron chi connectivity index (χ4n) is 4.70. The van der Waals surface area contributed by atoms with E-state index in [4.69, 9.17) is 4.74 Å². The van der Waals surface area contributed by atoms with Crippen LogP contribution < -0.4 is 10.1 Å². The fraction of sp³-hybridized carbons (Fsp3) is 0.500. The lowest BCUT2D eigenvalue weighted by Gasteiger charge is -2.32. The van der Waals surface area contributed by atoms with Crippen LogP contribution in [0.4, 0.5) is 19.0 Å². The summed E-state index contributed by atoms with van der Waals surface area (Å²) in [6.45, 7) is 4.98. The van der Waals surface area contributed by atoms with Gasteiger partial charge in [-0.2, -0.15) is 13.2 Å². The summed E-state index contributed by atoms with van der Waals surface area (Å²) >= 11 is 0. The van der Waals surface area contributed by atoms with Crippen molar-refractivity contribution in [2.75, 3.05) is 45.7 Å². The number of piperazine rings is 1. The van der Waals surface area contributed by atoms with Gasteiger partial charge in [0.05, 0.1) is 23.9 Å². The second kappa shape index (κ2) is 9.06. The van der Waals surface area contributed by atoms with Crippen molar-refractivity contribution in [1.82, 2.24) is 19.8 Å². The lowest BCUT2D eigenvalue weighted by molar-refractivity contribution is -0.0687. The van der Waals surface area contributed by atoms with Gasteiger partial charge in [-0.1, -0.05) is 12.1 Å². The van der Waals surface area contributed by atoms with Gasteiger partial charge in [-0.05, 0) is 38.9 Å². The molecular formula is C26H30F3N5O2. The molecule has 36 heavy (non-hydrogen) atoms. The number of alkyl halides is 3. The van der Waals surface area contributed by atoms with Crippen molar-refractivity contribution < 1.29 is 22.7 Å². The molecule has 0 spiro atoms. The molecule has 1 saturated heterocycles. The molecular weight excluding hydrogens is 471 g/mol. The van der Waals surface area contributed by atoms with Gasteiger partial charge >= 0.3 is 6.18 Å². The maximum absolute atomic E-state index is 13.7. The van der Waals surface area contributed by atoms with E-state index in [2.05, 4.69) is 20.2 Å². The minimum atomic E-state index is -4.47. The van der Waals surface area contributed by atoms with Crippen molar-refractivity contribution in [3.05, 3.63) is 52.5 Å². The summed E-state index contributed by atoms with van der Waals surface area (Å²) in [7, 11) is 3.57. The third kappa shape index (κ3) is 4.91. The first kappa shape index (κ1) is 24.5. The molecule has 2 aliphatic carbocycles. The van der Waals surface area contributed by atoms with Gasteiger partial charge in [0.25, 0.3) is 5.91 Å². The van der Waals surface area contributed by atoms with E-state index in [1.54, 1.807) is 12.1 Å². The number of hydrogen-bond donors (Lipinski definition) is 1. The van der Waals surface area contributed by atoms with Gasteiger partial charge in [0.2, 0.25) is 0 Å². The first-order chi connectivity index (χ1) is 17.1. The zero-order valence-electron chi connectivity index (χ0n) is 20.7. The molecule has 3 aliphatic rings. The van der Waals surface area contributed by atoms with Gasteiger partial charge < -0.3 is 19.9 Å². The van der Waals surface area contributed by atoms with Crippen molar-refractivity contribution in [2.24, 2.45) is 0 Å². The van der Waals surface area contributed by atoms with Gasteiger partial charge in [-0.3, -0.25) is 4.79 Å². The Bertz CT molecular complexity index is 1210. The highest BCUT2D eigenvalue weighted by molar-refractivity contribution is 5.95. The Morgan fingerprint density at radius 3 is 2.53 bits per heavy atom. The predicted octanol–water partition coefficient (Wildman–Crippen LogP) is 3.93. The minimum Gasteiger partial charge on any atom is -0.496 e. The molecule has 1 amide bonds. The Morgan fingerprint density at radius 2 is 1.89 bits per heavy atom. The van der Waals surface area contributed by atoms with Crippen LogP contribution in [0.2, 0.25) is 0 Å². The number of carbonyl (C=O) groups is 1. The van der Waals surface area contributed by atoms with Crippen LogP contribution in [0.3, 0.4) is 0 Å². The number of hydrogen-bond acceptors (Lipinski definition) is 6. The summed E-state index contributed by atoms with van der Waals surface area (Å²) in [4.78, 5) is 26.0. The second-order valence-electron chi connectivity index (χ2n) is 10.1. The van der Waals surface area contributed by atoms with Crippen LogP contribution in [0.25, 0.3) is 5.57 Å². The average molecular weight is 502 g/mol. The minimum absolute atomic E-state index is 0.0448. The topological polar surface area (TPSA) is 70.6 Å². The molecule has 192 valence electrons. The number of rotatable bonds is 6. The average Bonchev–Trinajstić information content (AvgIpc) is 3.38. The molecule has 2 fully saturated rings.